The average Bonchev–Trinajstić information content (AvgIpc) is 2.16. The first-order valence-electron chi connectivity index (χ1n) is 5.80. The zero-order valence-electron chi connectivity index (χ0n) is 10.1. The molecular formula is C12H22BrNO. The maximum Gasteiger partial charge on any atom is 0.225 e. The first-order valence-corrected chi connectivity index (χ1v) is 6.92. The fourth-order valence-electron chi connectivity index (χ4n) is 2.45. The molecule has 0 aromatic rings. The Hall–Kier alpha value is -0.0500. The molecule has 0 N–H and O–H groups in total. The van der Waals surface area contributed by atoms with Gasteiger partial charge in [-0.3, -0.25) is 4.79 Å². The van der Waals surface area contributed by atoms with Crippen molar-refractivity contribution in [3.8, 4) is 0 Å². The lowest BCUT2D eigenvalue weighted by atomic mass is 9.68. The molecule has 15 heavy (non-hydrogen) atoms. The van der Waals surface area contributed by atoms with Crippen LogP contribution in [0.25, 0.3) is 0 Å². The number of carbonyl (C=O) groups is 1. The van der Waals surface area contributed by atoms with Crippen LogP contribution in [-0.2, 0) is 4.79 Å². The summed E-state index contributed by atoms with van der Waals surface area (Å²) in [6.45, 7) is 5.28. The van der Waals surface area contributed by atoms with Crippen molar-refractivity contribution in [1.82, 2.24) is 4.90 Å². The predicted molar refractivity (Wildman–Crippen MR) is 67.2 cm³/mol. The number of rotatable bonds is 3. The highest BCUT2D eigenvalue weighted by atomic mass is 79.9. The molecule has 1 aliphatic carbocycles. The molecule has 1 atom stereocenters. The van der Waals surface area contributed by atoms with Crippen LogP contribution in [0.5, 0.6) is 0 Å². The normalized spacial score (nSPS) is 24.9. The molecule has 0 spiro atoms. The van der Waals surface area contributed by atoms with Gasteiger partial charge in [0, 0.05) is 24.8 Å². The van der Waals surface area contributed by atoms with Crippen molar-refractivity contribution >= 4 is 21.8 Å². The van der Waals surface area contributed by atoms with Gasteiger partial charge in [-0.15, -0.1) is 0 Å². The van der Waals surface area contributed by atoms with E-state index in [-0.39, 0.29) is 11.3 Å². The van der Waals surface area contributed by atoms with Crippen LogP contribution in [0.1, 0.15) is 39.5 Å². The number of halogens is 1. The van der Waals surface area contributed by atoms with Crippen LogP contribution in [0.15, 0.2) is 0 Å². The van der Waals surface area contributed by atoms with E-state index in [2.05, 4.69) is 29.8 Å². The van der Waals surface area contributed by atoms with E-state index in [0.29, 0.717) is 5.91 Å². The van der Waals surface area contributed by atoms with Gasteiger partial charge in [0.15, 0.2) is 0 Å². The summed E-state index contributed by atoms with van der Waals surface area (Å²) >= 11 is 3.38. The second-order valence-electron chi connectivity index (χ2n) is 5.24. The third-order valence-electron chi connectivity index (χ3n) is 3.60. The summed E-state index contributed by atoms with van der Waals surface area (Å²) in [7, 11) is 1.91. The maximum atomic E-state index is 12.2. The highest BCUT2D eigenvalue weighted by Gasteiger charge is 2.38. The van der Waals surface area contributed by atoms with E-state index in [4.69, 9.17) is 0 Å². The Kier molecular flexibility index (Phi) is 4.63. The summed E-state index contributed by atoms with van der Waals surface area (Å²) in [6, 6.07) is 0. The molecule has 1 amide bonds. The molecule has 0 saturated heterocycles. The van der Waals surface area contributed by atoms with Gasteiger partial charge in [-0.25, -0.2) is 0 Å². The first-order chi connectivity index (χ1) is 6.99. The third-order valence-corrected chi connectivity index (χ3v) is 3.96. The van der Waals surface area contributed by atoms with Crippen molar-refractivity contribution in [3.05, 3.63) is 0 Å². The molecule has 0 heterocycles. The molecule has 1 fully saturated rings. The largest absolute Gasteiger partial charge is 0.345 e. The van der Waals surface area contributed by atoms with Gasteiger partial charge in [-0.1, -0.05) is 42.6 Å². The van der Waals surface area contributed by atoms with Crippen LogP contribution in [0, 0.1) is 11.3 Å². The molecule has 1 saturated carbocycles. The van der Waals surface area contributed by atoms with Gasteiger partial charge >= 0.3 is 0 Å². The van der Waals surface area contributed by atoms with E-state index in [1.165, 1.54) is 19.3 Å². The van der Waals surface area contributed by atoms with Gasteiger partial charge in [0.1, 0.15) is 0 Å². The monoisotopic (exact) mass is 275 g/mol. The van der Waals surface area contributed by atoms with Crippen LogP contribution in [0.3, 0.4) is 0 Å². The van der Waals surface area contributed by atoms with E-state index in [0.717, 1.165) is 18.3 Å². The minimum Gasteiger partial charge on any atom is -0.345 e. The van der Waals surface area contributed by atoms with E-state index < -0.39 is 0 Å². The molecule has 0 bridgehead atoms. The van der Waals surface area contributed by atoms with Gasteiger partial charge in [0.05, 0.1) is 0 Å². The van der Waals surface area contributed by atoms with Crippen LogP contribution in [-0.4, -0.2) is 29.7 Å². The zero-order valence-corrected chi connectivity index (χ0v) is 11.6. The van der Waals surface area contributed by atoms with Gasteiger partial charge in [0.2, 0.25) is 5.91 Å². The number of alkyl halides is 1. The summed E-state index contributed by atoms with van der Waals surface area (Å²) in [5.74, 6) is 0.564. The molecule has 1 unspecified atom stereocenters. The summed E-state index contributed by atoms with van der Waals surface area (Å²) < 4.78 is 0. The standard InChI is InChI=1S/C12H22BrNO/c1-12(2)7-5-4-6-10(12)11(15)14(3)9-8-13/h10H,4-9H2,1-3H3. The van der Waals surface area contributed by atoms with Gasteiger partial charge in [-0.05, 0) is 18.3 Å². The van der Waals surface area contributed by atoms with Crippen molar-refractivity contribution in [3.63, 3.8) is 0 Å². The van der Waals surface area contributed by atoms with Crippen molar-refractivity contribution in [2.24, 2.45) is 11.3 Å². The SMILES string of the molecule is CN(CCBr)C(=O)C1CCCCC1(C)C. The van der Waals surface area contributed by atoms with Crippen molar-refractivity contribution in [1.29, 1.82) is 0 Å². The minimum absolute atomic E-state index is 0.190. The maximum absolute atomic E-state index is 12.2. The molecule has 1 rings (SSSR count). The third kappa shape index (κ3) is 3.20. The molecule has 88 valence electrons. The lowest BCUT2D eigenvalue weighted by molar-refractivity contribution is -0.139. The fraction of sp³-hybridized carbons (Fsp3) is 0.917. The highest BCUT2D eigenvalue weighted by Crippen LogP contribution is 2.41. The van der Waals surface area contributed by atoms with Gasteiger partial charge < -0.3 is 4.90 Å². The topological polar surface area (TPSA) is 20.3 Å². The van der Waals surface area contributed by atoms with E-state index in [1.807, 2.05) is 11.9 Å². The minimum atomic E-state index is 0.190. The van der Waals surface area contributed by atoms with Crippen LogP contribution < -0.4 is 0 Å². The van der Waals surface area contributed by atoms with Crippen LogP contribution >= 0.6 is 15.9 Å². The predicted octanol–water partition coefficient (Wildman–Crippen LogP) is 3.06. The Morgan fingerprint density at radius 1 is 1.47 bits per heavy atom. The Labute approximate surface area is 102 Å². The lowest BCUT2D eigenvalue weighted by Crippen LogP contribution is -2.42. The highest BCUT2D eigenvalue weighted by molar-refractivity contribution is 9.09. The number of hydrogen-bond donors (Lipinski definition) is 0. The van der Waals surface area contributed by atoms with E-state index >= 15 is 0 Å². The molecule has 2 nitrogen and oxygen atoms in total. The second-order valence-corrected chi connectivity index (χ2v) is 6.03. The molecule has 0 aliphatic heterocycles. The Morgan fingerprint density at radius 3 is 2.67 bits per heavy atom. The van der Waals surface area contributed by atoms with Crippen LogP contribution in [0.2, 0.25) is 0 Å². The van der Waals surface area contributed by atoms with E-state index in [1.54, 1.807) is 0 Å². The quantitative estimate of drug-likeness (QED) is 0.725. The average molecular weight is 276 g/mol. The van der Waals surface area contributed by atoms with E-state index in [9.17, 15) is 4.79 Å². The fourth-order valence-corrected chi connectivity index (χ4v) is 2.99. The Bertz CT molecular complexity index is 228. The molecule has 0 aromatic carbocycles. The Morgan fingerprint density at radius 2 is 2.13 bits per heavy atom. The molecule has 0 aromatic heterocycles. The zero-order chi connectivity index (χ0) is 11.5. The molecule has 1 aliphatic rings. The number of nitrogens with zero attached hydrogens (tertiary/aromatic N) is 1. The summed E-state index contributed by atoms with van der Waals surface area (Å²) in [5.41, 5.74) is 0.190. The molecule has 3 heteroatoms. The summed E-state index contributed by atoms with van der Waals surface area (Å²) in [6.07, 6.45) is 4.74. The van der Waals surface area contributed by atoms with Crippen molar-refractivity contribution in [2.45, 2.75) is 39.5 Å². The van der Waals surface area contributed by atoms with Gasteiger partial charge in [-0.2, -0.15) is 0 Å². The molecule has 0 radical (unpaired) electrons. The van der Waals surface area contributed by atoms with Gasteiger partial charge in [0.25, 0.3) is 0 Å². The number of carbonyl (C=O) groups excluding carboxylic acids is 1. The van der Waals surface area contributed by atoms with Crippen molar-refractivity contribution in [2.75, 3.05) is 18.9 Å². The summed E-state index contributed by atoms with van der Waals surface area (Å²) in [5, 5.41) is 0.863. The number of amides is 1. The van der Waals surface area contributed by atoms with Crippen LogP contribution in [0.4, 0.5) is 0 Å². The van der Waals surface area contributed by atoms with Crippen molar-refractivity contribution < 1.29 is 4.79 Å². The lowest BCUT2D eigenvalue weighted by Gasteiger charge is -2.39. The smallest absolute Gasteiger partial charge is 0.225 e. The number of hydrogen-bond acceptors (Lipinski definition) is 1. The Balaban J connectivity index is 2.64. The first kappa shape index (κ1) is 13.0. The molecular weight excluding hydrogens is 254 g/mol. The second kappa shape index (κ2) is 5.33. The summed E-state index contributed by atoms with van der Waals surface area (Å²) in [4.78, 5) is 14.1.